The van der Waals surface area contributed by atoms with Gasteiger partial charge in [0.05, 0.1) is 30.0 Å². The van der Waals surface area contributed by atoms with E-state index < -0.39 is 0 Å². The summed E-state index contributed by atoms with van der Waals surface area (Å²) >= 11 is 1.25. The first-order chi connectivity index (χ1) is 13.6. The minimum absolute atomic E-state index is 0.00273. The monoisotopic (exact) mass is 404 g/mol. The van der Waals surface area contributed by atoms with E-state index in [4.69, 9.17) is 4.74 Å². The molecule has 2 fully saturated rings. The van der Waals surface area contributed by atoms with E-state index in [9.17, 15) is 9.59 Å². The first-order valence-corrected chi connectivity index (χ1v) is 10.5. The van der Waals surface area contributed by atoms with Crippen LogP contribution >= 0.6 is 11.8 Å². The summed E-state index contributed by atoms with van der Waals surface area (Å²) in [6.07, 6.45) is 4.24. The summed E-state index contributed by atoms with van der Waals surface area (Å²) in [5.74, 6) is 0.0560. The maximum Gasteiger partial charge on any atom is 0.263 e. The molecule has 2 saturated heterocycles. The highest BCUT2D eigenvalue weighted by Gasteiger charge is 2.23. The maximum absolute atomic E-state index is 13.0. The fourth-order valence-electron chi connectivity index (χ4n) is 3.47. The Hall–Kier alpha value is -2.01. The van der Waals surface area contributed by atoms with E-state index in [1.54, 1.807) is 22.9 Å². The van der Waals surface area contributed by atoms with Crippen molar-refractivity contribution in [2.75, 3.05) is 12.4 Å². The fraction of sp³-hybridized carbons (Fsp3) is 0.556. The molecule has 3 N–H and O–H groups in total. The number of ether oxygens (including phenoxy) is 1. The lowest BCUT2D eigenvalue weighted by Crippen LogP contribution is -2.45. The number of aromatic nitrogens is 3. The molecule has 150 valence electrons. The van der Waals surface area contributed by atoms with Crippen molar-refractivity contribution in [3.05, 3.63) is 28.7 Å². The highest BCUT2D eigenvalue weighted by atomic mass is 32.2. The second-order valence-electron chi connectivity index (χ2n) is 7.15. The van der Waals surface area contributed by atoms with Crippen LogP contribution in [-0.4, -0.2) is 51.1 Å². The van der Waals surface area contributed by atoms with Crippen molar-refractivity contribution in [2.24, 2.45) is 0 Å². The van der Waals surface area contributed by atoms with Crippen molar-refractivity contribution >= 4 is 28.7 Å². The van der Waals surface area contributed by atoms with E-state index in [0.717, 1.165) is 19.3 Å². The van der Waals surface area contributed by atoms with Gasteiger partial charge >= 0.3 is 0 Å². The standard InChI is InChI=1S/C18H24N6O3S/c1-11-8-14(23-22-11)20-15(25)10-28-18-21-16-13(5-2-6-19-16)17(26)24(18)9-12-4-3-7-27-12/h2,5-6,11-12,14,22-23H,3-4,7-10H2,1H3,(H,20,25). The highest BCUT2D eigenvalue weighted by Crippen LogP contribution is 2.20. The molecule has 9 nitrogen and oxygen atoms in total. The second kappa shape index (κ2) is 8.56. The van der Waals surface area contributed by atoms with Crippen LogP contribution in [0.2, 0.25) is 0 Å². The molecular formula is C18H24N6O3S. The van der Waals surface area contributed by atoms with Crippen LogP contribution in [0.4, 0.5) is 0 Å². The summed E-state index contributed by atoms with van der Waals surface area (Å²) in [6, 6.07) is 3.76. The number of thioether (sulfide) groups is 1. The molecule has 0 radical (unpaired) electrons. The zero-order valence-corrected chi connectivity index (χ0v) is 16.5. The average Bonchev–Trinajstić information content (AvgIpc) is 3.34. The van der Waals surface area contributed by atoms with E-state index in [1.807, 2.05) is 6.92 Å². The Morgan fingerprint density at radius 3 is 3.11 bits per heavy atom. The zero-order valence-electron chi connectivity index (χ0n) is 15.7. The number of hydrazine groups is 1. The lowest BCUT2D eigenvalue weighted by atomic mass is 10.2. The van der Waals surface area contributed by atoms with Crippen molar-refractivity contribution in [3.8, 4) is 0 Å². The zero-order chi connectivity index (χ0) is 19.5. The molecule has 4 heterocycles. The Kier molecular flexibility index (Phi) is 5.90. The van der Waals surface area contributed by atoms with Gasteiger partial charge in [0, 0.05) is 18.8 Å². The summed E-state index contributed by atoms with van der Waals surface area (Å²) in [6.45, 7) is 3.20. The summed E-state index contributed by atoms with van der Waals surface area (Å²) in [7, 11) is 0. The molecule has 2 aliphatic rings. The van der Waals surface area contributed by atoms with Crippen LogP contribution in [0.15, 0.2) is 28.3 Å². The predicted octanol–water partition coefficient (Wildman–Crippen LogP) is 0.391. The third kappa shape index (κ3) is 4.35. The van der Waals surface area contributed by atoms with Crippen LogP contribution in [0.1, 0.15) is 26.2 Å². The van der Waals surface area contributed by atoms with E-state index in [-0.39, 0.29) is 29.5 Å². The molecule has 3 unspecified atom stereocenters. The van der Waals surface area contributed by atoms with Crippen LogP contribution < -0.4 is 21.7 Å². The van der Waals surface area contributed by atoms with Crippen LogP contribution in [0.5, 0.6) is 0 Å². The topological polar surface area (TPSA) is 110 Å². The van der Waals surface area contributed by atoms with Gasteiger partial charge in [0.2, 0.25) is 5.91 Å². The van der Waals surface area contributed by atoms with Gasteiger partial charge in [0.15, 0.2) is 10.8 Å². The molecule has 0 bridgehead atoms. The number of carbonyl (C=O) groups excluding carboxylic acids is 1. The van der Waals surface area contributed by atoms with Crippen molar-refractivity contribution < 1.29 is 9.53 Å². The first-order valence-electron chi connectivity index (χ1n) is 9.50. The van der Waals surface area contributed by atoms with Gasteiger partial charge in [0.1, 0.15) is 0 Å². The fourth-order valence-corrected chi connectivity index (χ4v) is 4.28. The Bertz CT molecular complexity index is 914. The Balaban J connectivity index is 1.52. The number of fused-ring (bicyclic) bond motifs is 1. The predicted molar refractivity (Wildman–Crippen MR) is 106 cm³/mol. The van der Waals surface area contributed by atoms with Crippen molar-refractivity contribution in [1.29, 1.82) is 0 Å². The average molecular weight is 404 g/mol. The minimum atomic E-state index is -0.146. The maximum atomic E-state index is 13.0. The van der Waals surface area contributed by atoms with E-state index in [0.29, 0.717) is 35.4 Å². The summed E-state index contributed by atoms with van der Waals surface area (Å²) in [4.78, 5) is 34.1. The van der Waals surface area contributed by atoms with Crippen molar-refractivity contribution in [1.82, 2.24) is 30.7 Å². The number of pyridine rings is 1. The Morgan fingerprint density at radius 1 is 1.46 bits per heavy atom. The number of nitrogens with one attached hydrogen (secondary N) is 3. The van der Waals surface area contributed by atoms with Gasteiger partial charge in [-0.2, -0.15) is 0 Å². The van der Waals surface area contributed by atoms with Gasteiger partial charge in [0.25, 0.3) is 5.56 Å². The number of carbonyl (C=O) groups is 1. The summed E-state index contributed by atoms with van der Waals surface area (Å²) < 4.78 is 7.32. The molecule has 0 aromatic carbocycles. The molecule has 2 aromatic heterocycles. The quantitative estimate of drug-likeness (QED) is 0.469. The molecule has 3 atom stereocenters. The molecule has 1 amide bonds. The smallest absolute Gasteiger partial charge is 0.263 e. The van der Waals surface area contributed by atoms with Crippen molar-refractivity contribution in [2.45, 2.75) is 56.2 Å². The SMILES string of the molecule is CC1CC(NC(=O)CSc2nc3ncccc3c(=O)n2CC2CCCO2)NN1. The highest BCUT2D eigenvalue weighted by molar-refractivity contribution is 7.99. The first kappa shape index (κ1) is 19.3. The normalized spacial score (nSPS) is 24.7. The third-order valence-corrected chi connectivity index (χ3v) is 5.84. The largest absolute Gasteiger partial charge is 0.376 e. The van der Waals surface area contributed by atoms with Gasteiger partial charge in [-0.15, -0.1) is 0 Å². The number of hydrogen-bond donors (Lipinski definition) is 3. The van der Waals surface area contributed by atoms with E-state index in [2.05, 4.69) is 26.1 Å². The number of rotatable bonds is 6. The summed E-state index contributed by atoms with van der Waals surface area (Å²) in [5, 5.41) is 3.90. The number of hydrogen-bond acceptors (Lipinski definition) is 8. The van der Waals surface area contributed by atoms with Gasteiger partial charge < -0.3 is 10.1 Å². The van der Waals surface area contributed by atoms with Gasteiger partial charge in [-0.25, -0.2) is 15.4 Å². The van der Waals surface area contributed by atoms with Gasteiger partial charge in [-0.1, -0.05) is 11.8 Å². The van der Waals surface area contributed by atoms with Crippen LogP contribution in [-0.2, 0) is 16.1 Å². The molecule has 4 rings (SSSR count). The van der Waals surface area contributed by atoms with Crippen LogP contribution in [0.25, 0.3) is 11.0 Å². The molecular weight excluding hydrogens is 380 g/mol. The summed E-state index contributed by atoms with van der Waals surface area (Å²) in [5.41, 5.74) is 6.37. The van der Waals surface area contributed by atoms with E-state index >= 15 is 0 Å². The minimum Gasteiger partial charge on any atom is -0.376 e. The third-order valence-electron chi connectivity index (χ3n) is 4.87. The Labute approximate surface area is 166 Å². The molecule has 0 spiro atoms. The molecule has 28 heavy (non-hydrogen) atoms. The second-order valence-corrected chi connectivity index (χ2v) is 8.10. The van der Waals surface area contributed by atoms with Gasteiger partial charge in [-0.05, 0) is 38.3 Å². The molecule has 0 aliphatic carbocycles. The molecule has 2 aliphatic heterocycles. The molecule has 0 saturated carbocycles. The number of nitrogens with zero attached hydrogens (tertiary/aromatic N) is 3. The van der Waals surface area contributed by atoms with Crippen molar-refractivity contribution in [3.63, 3.8) is 0 Å². The lowest BCUT2D eigenvalue weighted by molar-refractivity contribution is -0.119. The van der Waals surface area contributed by atoms with E-state index in [1.165, 1.54) is 11.8 Å². The Morgan fingerprint density at radius 2 is 2.36 bits per heavy atom. The molecule has 2 aromatic rings. The van der Waals surface area contributed by atoms with Crippen LogP contribution in [0, 0.1) is 0 Å². The molecule has 10 heteroatoms. The lowest BCUT2D eigenvalue weighted by Gasteiger charge is -2.16. The number of amides is 1. The van der Waals surface area contributed by atoms with Gasteiger partial charge in [-0.3, -0.25) is 19.6 Å². The van der Waals surface area contributed by atoms with Crippen LogP contribution in [0.3, 0.4) is 0 Å².